The Morgan fingerprint density at radius 3 is 2.75 bits per heavy atom. The van der Waals surface area contributed by atoms with E-state index in [9.17, 15) is 9.59 Å². The molecule has 0 saturated heterocycles. The Balaban J connectivity index is 1.52. The molecule has 4 rings (SSSR count). The van der Waals surface area contributed by atoms with Crippen molar-refractivity contribution in [1.29, 1.82) is 0 Å². The van der Waals surface area contributed by atoms with E-state index in [0.717, 1.165) is 29.0 Å². The molecule has 1 aliphatic rings. The van der Waals surface area contributed by atoms with Gasteiger partial charge in [-0.25, -0.2) is 4.79 Å². The fourth-order valence-corrected chi connectivity index (χ4v) is 5.71. The number of halogens is 3. The predicted octanol–water partition coefficient (Wildman–Crippen LogP) is 6.00. The van der Waals surface area contributed by atoms with Crippen molar-refractivity contribution in [1.82, 2.24) is 0 Å². The van der Waals surface area contributed by atoms with E-state index in [1.54, 1.807) is 17.0 Å². The molecule has 0 radical (unpaired) electrons. The van der Waals surface area contributed by atoms with E-state index in [4.69, 9.17) is 39.5 Å². The third-order valence-electron chi connectivity index (χ3n) is 4.64. The first-order valence-corrected chi connectivity index (χ1v) is 10.5. The highest BCUT2D eigenvalue weighted by molar-refractivity contribution is 7.21. The van der Waals surface area contributed by atoms with Crippen LogP contribution in [0.15, 0.2) is 36.4 Å². The number of thiophene rings is 1. The van der Waals surface area contributed by atoms with E-state index >= 15 is 0 Å². The van der Waals surface area contributed by atoms with Crippen molar-refractivity contribution in [3.63, 3.8) is 0 Å². The Bertz CT molecular complexity index is 1110. The highest BCUT2D eigenvalue weighted by atomic mass is 35.5. The van der Waals surface area contributed by atoms with Gasteiger partial charge in [0.05, 0.1) is 10.0 Å². The minimum absolute atomic E-state index is 0.0115. The fourth-order valence-electron chi connectivity index (χ4n) is 3.45. The maximum absolute atomic E-state index is 12.7. The van der Waals surface area contributed by atoms with Crippen LogP contribution in [0.1, 0.15) is 22.2 Å². The molecule has 1 atom stereocenters. The first-order valence-electron chi connectivity index (χ1n) is 8.51. The number of para-hydroxylation sites is 1. The molecule has 0 spiro atoms. The number of hydrogen-bond acceptors (Lipinski definition) is 4. The number of ether oxygens (including phenoxy) is 1. The molecule has 0 bridgehead atoms. The van der Waals surface area contributed by atoms with Crippen LogP contribution < -0.4 is 4.90 Å². The lowest BCUT2D eigenvalue weighted by molar-refractivity contribution is -0.122. The van der Waals surface area contributed by atoms with Gasteiger partial charge in [0, 0.05) is 26.8 Å². The van der Waals surface area contributed by atoms with Crippen molar-refractivity contribution in [2.75, 3.05) is 11.5 Å². The van der Waals surface area contributed by atoms with Gasteiger partial charge in [-0.1, -0.05) is 53.0 Å². The third kappa shape index (κ3) is 3.37. The molecule has 1 amide bonds. The van der Waals surface area contributed by atoms with Gasteiger partial charge in [-0.15, -0.1) is 11.3 Å². The lowest BCUT2D eigenvalue weighted by Crippen LogP contribution is -2.38. The molecule has 28 heavy (non-hydrogen) atoms. The van der Waals surface area contributed by atoms with Crippen LogP contribution in [0.3, 0.4) is 0 Å². The van der Waals surface area contributed by atoms with Gasteiger partial charge in [-0.05, 0) is 37.1 Å². The van der Waals surface area contributed by atoms with Crippen molar-refractivity contribution in [2.45, 2.75) is 19.4 Å². The van der Waals surface area contributed by atoms with Crippen LogP contribution in [0.25, 0.3) is 10.1 Å². The molecular formula is C20H14Cl3NO3S. The van der Waals surface area contributed by atoms with Gasteiger partial charge in [-0.3, -0.25) is 4.79 Å². The van der Waals surface area contributed by atoms with E-state index in [0.29, 0.717) is 20.1 Å². The van der Waals surface area contributed by atoms with E-state index in [2.05, 4.69) is 0 Å². The largest absolute Gasteiger partial charge is 0.451 e. The van der Waals surface area contributed by atoms with Gasteiger partial charge in [0.25, 0.3) is 5.91 Å². The lowest BCUT2D eigenvalue weighted by atomic mass is 10.1. The molecule has 3 aromatic rings. The number of rotatable bonds is 3. The number of carbonyl (C=O) groups is 2. The van der Waals surface area contributed by atoms with E-state index in [1.165, 1.54) is 0 Å². The molecule has 0 saturated carbocycles. The number of hydrogen-bond donors (Lipinski definition) is 0. The molecule has 4 nitrogen and oxygen atoms in total. The average molecular weight is 455 g/mol. The second-order valence-corrected chi connectivity index (χ2v) is 8.80. The average Bonchev–Trinajstić information content (AvgIpc) is 3.15. The molecule has 1 aliphatic heterocycles. The van der Waals surface area contributed by atoms with Crippen molar-refractivity contribution in [3.05, 3.63) is 61.9 Å². The monoisotopic (exact) mass is 453 g/mol. The Morgan fingerprint density at radius 2 is 1.96 bits per heavy atom. The molecular weight excluding hydrogens is 441 g/mol. The SMILES string of the molecule is CC1Cc2ccccc2N1C(=O)COC(=O)c1sc2cc(Cl)cc(Cl)c2c1Cl. The Morgan fingerprint density at radius 1 is 1.21 bits per heavy atom. The van der Waals surface area contributed by atoms with E-state index in [1.807, 2.05) is 31.2 Å². The number of benzene rings is 2. The number of fused-ring (bicyclic) bond motifs is 2. The predicted molar refractivity (Wildman–Crippen MR) is 114 cm³/mol. The number of carbonyl (C=O) groups excluding carboxylic acids is 2. The molecule has 2 aromatic carbocycles. The molecule has 0 aliphatic carbocycles. The summed E-state index contributed by atoms with van der Waals surface area (Å²) in [5, 5.41) is 1.57. The zero-order valence-electron chi connectivity index (χ0n) is 14.7. The second-order valence-electron chi connectivity index (χ2n) is 6.53. The van der Waals surface area contributed by atoms with Crippen molar-refractivity contribution in [3.8, 4) is 0 Å². The van der Waals surface area contributed by atoms with Crippen molar-refractivity contribution < 1.29 is 14.3 Å². The quantitative estimate of drug-likeness (QED) is 0.456. The third-order valence-corrected chi connectivity index (χ3v) is 6.76. The first-order chi connectivity index (χ1) is 13.4. The summed E-state index contributed by atoms with van der Waals surface area (Å²) in [6.45, 7) is 1.60. The van der Waals surface area contributed by atoms with Crippen LogP contribution in [0.5, 0.6) is 0 Å². The number of esters is 1. The fraction of sp³-hybridized carbons (Fsp3) is 0.200. The zero-order chi connectivity index (χ0) is 20.0. The van der Waals surface area contributed by atoms with Crippen LogP contribution in [-0.4, -0.2) is 24.5 Å². The van der Waals surface area contributed by atoms with Crippen LogP contribution in [0.2, 0.25) is 15.1 Å². The summed E-state index contributed by atoms with van der Waals surface area (Å²) >= 11 is 19.7. The molecule has 0 fully saturated rings. The normalized spacial score (nSPS) is 15.7. The van der Waals surface area contributed by atoms with Gasteiger partial charge in [-0.2, -0.15) is 0 Å². The van der Waals surface area contributed by atoms with E-state index in [-0.39, 0.29) is 28.5 Å². The van der Waals surface area contributed by atoms with Gasteiger partial charge < -0.3 is 9.64 Å². The van der Waals surface area contributed by atoms with Crippen molar-refractivity contribution in [2.24, 2.45) is 0 Å². The highest BCUT2D eigenvalue weighted by Gasteiger charge is 2.31. The van der Waals surface area contributed by atoms with Gasteiger partial charge >= 0.3 is 5.97 Å². The highest BCUT2D eigenvalue weighted by Crippen LogP contribution is 2.41. The second kappa shape index (κ2) is 7.56. The summed E-state index contributed by atoms with van der Waals surface area (Å²) in [6, 6.07) is 11.0. The molecule has 144 valence electrons. The molecule has 1 unspecified atom stereocenters. The first kappa shape index (κ1) is 19.5. The number of amides is 1. The Hall–Kier alpha value is -1.79. The van der Waals surface area contributed by atoms with Gasteiger partial charge in [0.15, 0.2) is 6.61 Å². The summed E-state index contributed by atoms with van der Waals surface area (Å²) < 4.78 is 5.95. The van der Waals surface area contributed by atoms with Crippen LogP contribution in [0.4, 0.5) is 5.69 Å². The summed E-state index contributed by atoms with van der Waals surface area (Å²) in [7, 11) is 0. The topological polar surface area (TPSA) is 46.6 Å². The summed E-state index contributed by atoms with van der Waals surface area (Å²) in [5.41, 5.74) is 1.96. The number of nitrogens with zero attached hydrogens (tertiary/aromatic N) is 1. The van der Waals surface area contributed by atoms with Gasteiger partial charge in [0.1, 0.15) is 4.88 Å². The van der Waals surface area contributed by atoms with Crippen LogP contribution in [-0.2, 0) is 16.0 Å². The molecule has 1 aromatic heterocycles. The standard InChI is InChI=1S/C20H14Cl3NO3S/c1-10-6-11-4-2-3-5-14(11)24(10)16(25)9-27-20(26)19-18(23)17-13(22)7-12(21)8-15(17)28-19/h2-5,7-8,10H,6,9H2,1H3. The molecule has 0 N–H and O–H groups in total. The summed E-state index contributed by atoms with van der Waals surface area (Å²) in [5.74, 6) is -0.934. The van der Waals surface area contributed by atoms with Crippen LogP contribution >= 0.6 is 46.1 Å². The Kier molecular flexibility index (Phi) is 5.27. The van der Waals surface area contributed by atoms with Crippen LogP contribution in [0, 0.1) is 0 Å². The Labute approximate surface area is 180 Å². The summed E-state index contributed by atoms with van der Waals surface area (Å²) in [6.07, 6.45) is 0.775. The number of anilines is 1. The molecule has 8 heteroatoms. The smallest absolute Gasteiger partial charge is 0.350 e. The zero-order valence-corrected chi connectivity index (χ0v) is 17.8. The van der Waals surface area contributed by atoms with Gasteiger partial charge in [0.2, 0.25) is 0 Å². The maximum Gasteiger partial charge on any atom is 0.350 e. The van der Waals surface area contributed by atoms with Crippen molar-refractivity contribution >= 4 is 73.8 Å². The summed E-state index contributed by atoms with van der Waals surface area (Å²) in [4.78, 5) is 27.1. The van der Waals surface area contributed by atoms with E-state index < -0.39 is 5.97 Å². The molecule has 2 heterocycles. The maximum atomic E-state index is 12.7. The minimum atomic E-state index is -0.660. The lowest BCUT2D eigenvalue weighted by Gasteiger charge is -2.22. The minimum Gasteiger partial charge on any atom is -0.451 e.